The molecule has 5 heteroatoms. The van der Waals surface area contributed by atoms with E-state index in [4.69, 9.17) is 0 Å². The van der Waals surface area contributed by atoms with Gasteiger partial charge in [-0.3, -0.25) is 4.84 Å². The second-order valence-corrected chi connectivity index (χ2v) is 2.15. The number of rotatable bonds is 2. The SMILES string of the molecule is CONC(=O)Oc1ccc(F)cc1. The number of benzene rings is 1. The van der Waals surface area contributed by atoms with Gasteiger partial charge in [0.15, 0.2) is 0 Å². The van der Waals surface area contributed by atoms with E-state index in [0.717, 1.165) is 0 Å². The molecule has 0 aliphatic rings. The average molecular weight is 185 g/mol. The summed E-state index contributed by atoms with van der Waals surface area (Å²) >= 11 is 0. The van der Waals surface area contributed by atoms with E-state index in [9.17, 15) is 9.18 Å². The molecular weight excluding hydrogens is 177 g/mol. The number of amides is 1. The van der Waals surface area contributed by atoms with Crippen LogP contribution in [0.4, 0.5) is 9.18 Å². The van der Waals surface area contributed by atoms with Crippen LogP contribution in [0.3, 0.4) is 0 Å². The van der Waals surface area contributed by atoms with Crippen molar-refractivity contribution < 1.29 is 18.8 Å². The molecule has 0 saturated heterocycles. The number of hydrogen-bond donors (Lipinski definition) is 1. The molecule has 0 unspecified atom stereocenters. The number of carbonyl (C=O) groups is 1. The first-order chi connectivity index (χ1) is 6.22. The predicted molar refractivity (Wildman–Crippen MR) is 42.6 cm³/mol. The van der Waals surface area contributed by atoms with Gasteiger partial charge in [-0.25, -0.2) is 9.18 Å². The van der Waals surface area contributed by atoms with Crippen molar-refractivity contribution in [1.82, 2.24) is 5.48 Å². The van der Waals surface area contributed by atoms with Crippen molar-refractivity contribution >= 4 is 6.09 Å². The van der Waals surface area contributed by atoms with Crippen LogP contribution in [-0.4, -0.2) is 13.2 Å². The van der Waals surface area contributed by atoms with Crippen LogP contribution in [0.2, 0.25) is 0 Å². The third-order valence-electron chi connectivity index (χ3n) is 1.21. The summed E-state index contributed by atoms with van der Waals surface area (Å²) in [6.07, 6.45) is -0.755. The lowest BCUT2D eigenvalue weighted by molar-refractivity contribution is 0.0845. The van der Waals surface area contributed by atoms with Crippen LogP contribution in [0.5, 0.6) is 5.75 Å². The molecule has 1 rings (SSSR count). The van der Waals surface area contributed by atoms with Crippen LogP contribution < -0.4 is 10.2 Å². The Bertz CT molecular complexity index is 286. The summed E-state index contributed by atoms with van der Waals surface area (Å²) in [5.74, 6) is -0.143. The van der Waals surface area contributed by atoms with Gasteiger partial charge in [-0.05, 0) is 24.3 Å². The van der Waals surface area contributed by atoms with E-state index >= 15 is 0 Å². The van der Waals surface area contributed by atoms with Crippen molar-refractivity contribution in [3.8, 4) is 5.75 Å². The van der Waals surface area contributed by atoms with Gasteiger partial charge in [0.05, 0.1) is 7.11 Å². The maximum atomic E-state index is 12.4. The van der Waals surface area contributed by atoms with Crippen molar-refractivity contribution in [3.63, 3.8) is 0 Å². The first-order valence-electron chi connectivity index (χ1n) is 3.49. The average Bonchev–Trinajstić information content (AvgIpc) is 2.09. The zero-order valence-electron chi connectivity index (χ0n) is 6.91. The van der Waals surface area contributed by atoms with Crippen molar-refractivity contribution in [2.45, 2.75) is 0 Å². The van der Waals surface area contributed by atoms with Crippen LogP contribution in [0, 0.1) is 5.82 Å². The predicted octanol–water partition coefficient (Wildman–Crippen LogP) is 1.48. The van der Waals surface area contributed by atoms with E-state index in [0.29, 0.717) is 0 Å². The summed E-state index contributed by atoms with van der Waals surface area (Å²) in [7, 11) is 1.28. The number of ether oxygens (including phenoxy) is 1. The fourth-order valence-electron chi connectivity index (χ4n) is 0.714. The molecule has 0 heterocycles. The van der Waals surface area contributed by atoms with E-state index in [1.165, 1.54) is 31.4 Å². The Hall–Kier alpha value is -1.62. The molecule has 0 aliphatic heterocycles. The Balaban J connectivity index is 2.54. The number of carbonyl (C=O) groups excluding carboxylic acids is 1. The van der Waals surface area contributed by atoms with Gasteiger partial charge >= 0.3 is 6.09 Å². The quantitative estimate of drug-likeness (QED) is 0.710. The third kappa shape index (κ3) is 3.08. The van der Waals surface area contributed by atoms with Gasteiger partial charge in [-0.2, -0.15) is 5.48 Å². The Morgan fingerprint density at radius 3 is 2.54 bits per heavy atom. The van der Waals surface area contributed by atoms with Crippen LogP contribution in [0.15, 0.2) is 24.3 Å². The first kappa shape index (κ1) is 9.47. The standard InChI is InChI=1S/C8H8FNO3/c1-12-10-8(11)13-7-4-2-6(9)3-5-7/h2-5H,1H3,(H,10,11). The molecule has 0 aromatic heterocycles. The van der Waals surface area contributed by atoms with E-state index in [1.54, 1.807) is 0 Å². The molecular formula is C8H8FNO3. The van der Waals surface area contributed by atoms with E-state index < -0.39 is 6.09 Å². The molecule has 4 nitrogen and oxygen atoms in total. The van der Waals surface area contributed by atoms with Gasteiger partial charge in [-0.1, -0.05) is 0 Å². The van der Waals surface area contributed by atoms with Crippen LogP contribution >= 0.6 is 0 Å². The largest absolute Gasteiger partial charge is 0.436 e. The van der Waals surface area contributed by atoms with Crippen molar-refractivity contribution in [2.24, 2.45) is 0 Å². The number of nitrogens with one attached hydrogen (secondary N) is 1. The molecule has 0 spiro atoms. The minimum Gasteiger partial charge on any atom is -0.409 e. The number of hydroxylamine groups is 1. The van der Waals surface area contributed by atoms with Crippen molar-refractivity contribution in [1.29, 1.82) is 0 Å². The fourth-order valence-corrected chi connectivity index (χ4v) is 0.714. The van der Waals surface area contributed by atoms with E-state index in [2.05, 4.69) is 9.57 Å². The van der Waals surface area contributed by atoms with Crippen LogP contribution in [0.1, 0.15) is 0 Å². The normalized spacial score (nSPS) is 9.38. The first-order valence-corrected chi connectivity index (χ1v) is 3.49. The highest BCUT2D eigenvalue weighted by Crippen LogP contribution is 2.10. The molecule has 1 aromatic carbocycles. The van der Waals surface area contributed by atoms with Gasteiger partial charge in [-0.15, -0.1) is 0 Å². The number of halogens is 1. The van der Waals surface area contributed by atoms with Gasteiger partial charge < -0.3 is 4.74 Å². The maximum absolute atomic E-state index is 12.4. The summed E-state index contributed by atoms with van der Waals surface area (Å²) in [5, 5.41) is 0. The molecule has 0 atom stereocenters. The van der Waals surface area contributed by atoms with Crippen LogP contribution in [0.25, 0.3) is 0 Å². The van der Waals surface area contributed by atoms with Gasteiger partial charge in [0, 0.05) is 0 Å². The molecule has 1 aromatic rings. The summed E-state index contributed by atoms with van der Waals surface area (Å²) in [4.78, 5) is 15.0. The monoisotopic (exact) mass is 185 g/mol. The lowest BCUT2D eigenvalue weighted by Gasteiger charge is -2.03. The Labute approximate surface area is 74.2 Å². The second kappa shape index (κ2) is 4.42. The lowest BCUT2D eigenvalue weighted by Crippen LogP contribution is -2.25. The molecule has 0 bridgehead atoms. The highest BCUT2D eigenvalue weighted by molar-refractivity contribution is 5.68. The molecule has 0 radical (unpaired) electrons. The molecule has 1 N–H and O–H groups in total. The highest BCUT2D eigenvalue weighted by atomic mass is 19.1. The minimum absolute atomic E-state index is 0.246. The second-order valence-electron chi connectivity index (χ2n) is 2.15. The summed E-state index contributed by atoms with van der Waals surface area (Å²) in [6, 6.07) is 5.06. The summed E-state index contributed by atoms with van der Waals surface area (Å²) in [6.45, 7) is 0. The maximum Gasteiger partial charge on any atom is 0.436 e. The molecule has 0 fully saturated rings. The molecule has 70 valence electrons. The summed E-state index contributed by atoms with van der Waals surface area (Å²) in [5.41, 5.74) is 1.95. The minimum atomic E-state index is -0.755. The Morgan fingerprint density at radius 1 is 1.38 bits per heavy atom. The van der Waals surface area contributed by atoms with Gasteiger partial charge in [0.2, 0.25) is 0 Å². The zero-order valence-corrected chi connectivity index (χ0v) is 6.91. The molecule has 13 heavy (non-hydrogen) atoms. The lowest BCUT2D eigenvalue weighted by atomic mass is 10.3. The smallest absolute Gasteiger partial charge is 0.409 e. The van der Waals surface area contributed by atoms with Gasteiger partial charge in [0.25, 0.3) is 0 Å². The Morgan fingerprint density at radius 2 is 2.00 bits per heavy atom. The highest BCUT2D eigenvalue weighted by Gasteiger charge is 2.02. The topological polar surface area (TPSA) is 47.6 Å². The molecule has 0 aliphatic carbocycles. The van der Waals surface area contributed by atoms with E-state index in [1.807, 2.05) is 5.48 Å². The molecule has 0 saturated carbocycles. The van der Waals surface area contributed by atoms with E-state index in [-0.39, 0.29) is 11.6 Å². The molecule has 1 amide bonds. The fraction of sp³-hybridized carbons (Fsp3) is 0.125. The summed E-state index contributed by atoms with van der Waals surface area (Å²) < 4.78 is 17.1. The van der Waals surface area contributed by atoms with Crippen molar-refractivity contribution in [2.75, 3.05) is 7.11 Å². The van der Waals surface area contributed by atoms with Crippen LogP contribution in [-0.2, 0) is 4.84 Å². The zero-order chi connectivity index (χ0) is 9.68. The number of hydrogen-bond acceptors (Lipinski definition) is 3. The third-order valence-corrected chi connectivity index (χ3v) is 1.21. The Kier molecular flexibility index (Phi) is 3.22. The van der Waals surface area contributed by atoms with Crippen molar-refractivity contribution in [3.05, 3.63) is 30.1 Å². The van der Waals surface area contributed by atoms with Gasteiger partial charge in [0.1, 0.15) is 11.6 Å².